The zero-order valence-corrected chi connectivity index (χ0v) is 14.4. The number of anilines is 2. The molecule has 1 N–H and O–H groups in total. The van der Waals surface area contributed by atoms with E-state index in [4.69, 9.17) is 0 Å². The van der Waals surface area contributed by atoms with Crippen molar-refractivity contribution in [3.8, 4) is 5.69 Å². The highest BCUT2D eigenvalue weighted by Crippen LogP contribution is 2.51. The molecule has 3 heterocycles. The fraction of sp³-hybridized carbons (Fsp3) is 0.150. The number of hydrogen-bond acceptors (Lipinski definition) is 3. The lowest BCUT2D eigenvalue weighted by molar-refractivity contribution is -0.126. The third kappa shape index (κ3) is 1.96. The number of rotatable bonds is 1. The predicted octanol–water partition coefficient (Wildman–Crippen LogP) is 2.62. The first-order valence-corrected chi connectivity index (χ1v) is 8.54. The van der Waals surface area contributed by atoms with Crippen molar-refractivity contribution in [1.82, 2.24) is 9.78 Å². The lowest BCUT2D eigenvalue weighted by Crippen LogP contribution is -2.45. The predicted molar refractivity (Wildman–Crippen MR) is 97.4 cm³/mol. The SMILES string of the molecule is CN1C(=O)[C@]2(CC(=O)Nc3c2cnn3-c2ccc(F)cc2)c2ccccc21. The van der Waals surface area contributed by atoms with Gasteiger partial charge in [-0.15, -0.1) is 0 Å². The Morgan fingerprint density at radius 1 is 1.07 bits per heavy atom. The van der Waals surface area contributed by atoms with E-state index in [1.807, 2.05) is 24.3 Å². The number of carbonyl (C=O) groups is 2. The molecular weight excluding hydrogens is 347 g/mol. The highest BCUT2D eigenvalue weighted by molar-refractivity contribution is 6.15. The van der Waals surface area contributed by atoms with Crippen LogP contribution in [0.25, 0.3) is 5.69 Å². The number of carbonyl (C=O) groups excluding carboxylic acids is 2. The van der Waals surface area contributed by atoms with Crippen molar-refractivity contribution in [2.75, 3.05) is 17.3 Å². The molecule has 6 nitrogen and oxygen atoms in total. The van der Waals surface area contributed by atoms with Crippen molar-refractivity contribution in [1.29, 1.82) is 0 Å². The molecule has 1 spiro atoms. The Balaban J connectivity index is 1.77. The summed E-state index contributed by atoms with van der Waals surface area (Å²) in [5.41, 5.74) is 1.74. The summed E-state index contributed by atoms with van der Waals surface area (Å²) in [4.78, 5) is 27.5. The molecule has 0 unspecified atom stereocenters. The average molecular weight is 362 g/mol. The van der Waals surface area contributed by atoms with Crippen LogP contribution < -0.4 is 10.2 Å². The van der Waals surface area contributed by atoms with Gasteiger partial charge < -0.3 is 10.2 Å². The minimum Gasteiger partial charge on any atom is -0.314 e. The Hall–Kier alpha value is -3.48. The topological polar surface area (TPSA) is 67.2 Å². The summed E-state index contributed by atoms with van der Waals surface area (Å²) in [5, 5.41) is 7.23. The molecule has 27 heavy (non-hydrogen) atoms. The molecule has 1 atom stereocenters. The lowest BCUT2D eigenvalue weighted by atomic mass is 9.72. The van der Waals surface area contributed by atoms with Crippen LogP contribution in [0.3, 0.4) is 0 Å². The number of hydrogen-bond donors (Lipinski definition) is 1. The molecule has 0 aliphatic carbocycles. The first-order chi connectivity index (χ1) is 13.0. The number of para-hydroxylation sites is 1. The number of halogens is 1. The number of likely N-dealkylation sites (N-methyl/N-ethyl adjacent to an activating group) is 1. The summed E-state index contributed by atoms with van der Waals surface area (Å²) < 4.78 is 14.8. The number of aromatic nitrogens is 2. The van der Waals surface area contributed by atoms with Crippen molar-refractivity contribution in [3.05, 3.63) is 71.7 Å². The van der Waals surface area contributed by atoms with Crippen LogP contribution >= 0.6 is 0 Å². The molecule has 2 aliphatic rings. The van der Waals surface area contributed by atoms with Gasteiger partial charge in [0.15, 0.2) is 0 Å². The van der Waals surface area contributed by atoms with E-state index in [0.29, 0.717) is 17.1 Å². The van der Waals surface area contributed by atoms with E-state index in [1.54, 1.807) is 30.3 Å². The Bertz CT molecular complexity index is 1110. The minimum atomic E-state index is -1.10. The first-order valence-electron chi connectivity index (χ1n) is 8.54. The van der Waals surface area contributed by atoms with Gasteiger partial charge in [-0.25, -0.2) is 9.07 Å². The van der Waals surface area contributed by atoms with Gasteiger partial charge in [-0.3, -0.25) is 9.59 Å². The second kappa shape index (κ2) is 5.26. The summed E-state index contributed by atoms with van der Waals surface area (Å²) in [5.74, 6) is -0.332. The normalized spacial score (nSPS) is 20.6. The lowest BCUT2D eigenvalue weighted by Gasteiger charge is -2.32. The zero-order chi connectivity index (χ0) is 18.8. The van der Waals surface area contributed by atoms with E-state index in [9.17, 15) is 14.0 Å². The highest BCUT2D eigenvalue weighted by Gasteiger charge is 2.56. The summed E-state index contributed by atoms with van der Waals surface area (Å²) in [7, 11) is 1.71. The van der Waals surface area contributed by atoms with Crippen LogP contribution in [0, 0.1) is 5.82 Å². The van der Waals surface area contributed by atoms with Gasteiger partial charge in [-0.1, -0.05) is 18.2 Å². The van der Waals surface area contributed by atoms with Crippen molar-refractivity contribution in [3.63, 3.8) is 0 Å². The molecule has 3 aromatic rings. The van der Waals surface area contributed by atoms with Gasteiger partial charge in [0, 0.05) is 24.7 Å². The van der Waals surface area contributed by atoms with Crippen molar-refractivity contribution < 1.29 is 14.0 Å². The molecule has 0 saturated carbocycles. The Kier molecular flexibility index (Phi) is 3.07. The fourth-order valence-corrected chi connectivity index (χ4v) is 4.14. The summed E-state index contributed by atoms with van der Waals surface area (Å²) >= 11 is 0. The van der Waals surface area contributed by atoms with Gasteiger partial charge in [-0.05, 0) is 35.9 Å². The standard InChI is InChI=1S/C20H15FN4O2/c1-24-16-5-3-2-4-14(16)20(19(24)27)10-17(26)23-18-15(20)11-22-25(18)13-8-6-12(21)7-9-13/h2-9,11H,10H2,1H3,(H,23,26)/t20-/m1/s1. The molecule has 134 valence electrons. The van der Waals surface area contributed by atoms with E-state index in [0.717, 1.165) is 11.3 Å². The molecule has 0 saturated heterocycles. The van der Waals surface area contributed by atoms with Crippen LogP contribution in [0.15, 0.2) is 54.7 Å². The Morgan fingerprint density at radius 3 is 2.59 bits per heavy atom. The molecule has 2 aromatic carbocycles. The first kappa shape index (κ1) is 15.7. The van der Waals surface area contributed by atoms with Crippen LogP contribution in [0.5, 0.6) is 0 Å². The highest BCUT2D eigenvalue weighted by atomic mass is 19.1. The van der Waals surface area contributed by atoms with Crippen LogP contribution in [-0.2, 0) is 15.0 Å². The third-order valence-corrected chi connectivity index (χ3v) is 5.38. The van der Waals surface area contributed by atoms with Crippen LogP contribution in [0.4, 0.5) is 15.9 Å². The molecule has 0 radical (unpaired) electrons. The maximum Gasteiger partial charge on any atom is 0.242 e. The molecule has 5 rings (SSSR count). The zero-order valence-electron chi connectivity index (χ0n) is 14.4. The second-order valence-corrected chi connectivity index (χ2v) is 6.81. The van der Waals surface area contributed by atoms with Gasteiger partial charge in [0.1, 0.15) is 17.1 Å². The second-order valence-electron chi connectivity index (χ2n) is 6.81. The average Bonchev–Trinajstić information content (AvgIpc) is 3.18. The molecular formula is C20H15FN4O2. The monoisotopic (exact) mass is 362 g/mol. The van der Waals surface area contributed by atoms with E-state index in [2.05, 4.69) is 10.4 Å². The third-order valence-electron chi connectivity index (χ3n) is 5.38. The molecule has 2 amide bonds. The van der Waals surface area contributed by atoms with Crippen LogP contribution in [0.1, 0.15) is 17.5 Å². The number of fused-ring (bicyclic) bond motifs is 4. The molecule has 2 aliphatic heterocycles. The molecule has 1 aromatic heterocycles. The minimum absolute atomic E-state index is 0.0231. The smallest absolute Gasteiger partial charge is 0.242 e. The molecule has 0 bridgehead atoms. The van der Waals surface area contributed by atoms with Crippen molar-refractivity contribution in [2.24, 2.45) is 0 Å². The molecule has 7 heteroatoms. The van der Waals surface area contributed by atoms with Gasteiger partial charge >= 0.3 is 0 Å². The Labute approximate surface area is 154 Å². The summed E-state index contributed by atoms with van der Waals surface area (Å²) in [6.07, 6.45) is 1.64. The van der Waals surface area contributed by atoms with Crippen LogP contribution in [-0.4, -0.2) is 28.6 Å². The quantitative estimate of drug-likeness (QED) is 0.724. The van der Waals surface area contributed by atoms with Gasteiger partial charge in [-0.2, -0.15) is 5.10 Å². The van der Waals surface area contributed by atoms with E-state index in [-0.39, 0.29) is 24.1 Å². The maximum atomic E-state index is 13.3. The summed E-state index contributed by atoms with van der Waals surface area (Å²) in [6, 6.07) is 13.3. The summed E-state index contributed by atoms with van der Waals surface area (Å²) in [6.45, 7) is 0. The van der Waals surface area contributed by atoms with E-state index < -0.39 is 5.41 Å². The van der Waals surface area contributed by atoms with Crippen LogP contribution in [0.2, 0.25) is 0 Å². The van der Waals surface area contributed by atoms with Gasteiger partial charge in [0.25, 0.3) is 0 Å². The Morgan fingerprint density at radius 2 is 1.81 bits per heavy atom. The maximum absolute atomic E-state index is 13.3. The van der Waals surface area contributed by atoms with Gasteiger partial charge in [0.05, 0.1) is 11.9 Å². The van der Waals surface area contributed by atoms with Crippen molar-refractivity contribution in [2.45, 2.75) is 11.8 Å². The molecule has 0 fully saturated rings. The van der Waals surface area contributed by atoms with E-state index >= 15 is 0 Å². The number of amides is 2. The fourth-order valence-electron chi connectivity index (χ4n) is 4.14. The number of benzene rings is 2. The largest absolute Gasteiger partial charge is 0.314 e. The van der Waals surface area contributed by atoms with Gasteiger partial charge in [0.2, 0.25) is 11.8 Å². The van der Waals surface area contributed by atoms with E-state index in [1.165, 1.54) is 16.8 Å². The number of nitrogens with zero attached hydrogens (tertiary/aromatic N) is 3. The number of nitrogens with one attached hydrogen (secondary N) is 1. The van der Waals surface area contributed by atoms with Crippen molar-refractivity contribution >= 4 is 23.3 Å².